The molecule has 0 aliphatic heterocycles. The lowest BCUT2D eigenvalue weighted by Gasteiger charge is -2.32. The Morgan fingerprint density at radius 2 is 1.52 bits per heavy atom. The van der Waals surface area contributed by atoms with Gasteiger partial charge in [-0.3, -0.25) is 4.90 Å². The van der Waals surface area contributed by atoms with Crippen LogP contribution in [-0.2, 0) is 13.0 Å². The topological polar surface area (TPSA) is 23.5 Å². The van der Waals surface area contributed by atoms with Gasteiger partial charge in [0.2, 0.25) is 0 Å². The second-order valence-corrected chi connectivity index (χ2v) is 6.63. The van der Waals surface area contributed by atoms with Crippen molar-refractivity contribution in [2.24, 2.45) is 5.92 Å². The highest BCUT2D eigenvalue weighted by Crippen LogP contribution is 2.30. The zero-order chi connectivity index (χ0) is 15.9. The molecule has 0 amide bonds. The van der Waals surface area contributed by atoms with Crippen LogP contribution in [0.25, 0.3) is 0 Å². The lowest BCUT2D eigenvalue weighted by Crippen LogP contribution is -2.39. The van der Waals surface area contributed by atoms with Crippen molar-refractivity contribution in [3.8, 4) is 0 Å². The van der Waals surface area contributed by atoms with Crippen molar-refractivity contribution in [1.82, 2.24) is 4.90 Å². The molecule has 0 radical (unpaired) electrons. The normalized spacial score (nSPS) is 21.0. The summed E-state index contributed by atoms with van der Waals surface area (Å²) in [5, 5.41) is 9.71. The average molecular weight is 309 g/mol. The summed E-state index contributed by atoms with van der Waals surface area (Å²) in [6, 6.07) is 21.9. The van der Waals surface area contributed by atoms with E-state index in [0.717, 1.165) is 25.9 Å². The first-order valence-electron chi connectivity index (χ1n) is 8.79. The van der Waals surface area contributed by atoms with Crippen LogP contribution in [0.3, 0.4) is 0 Å². The molecule has 23 heavy (non-hydrogen) atoms. The quantitative estimate of drug-likeness (QED) is 0.838. The molecule has 0 spiro atoms. The van der Waals surface area contributed by atoms with Crippen LogP contribution in [-0.4, -0.2) is 29.2 Å². The van der Waals surface area contributed by atoms with Crippen LogP contribution in [0.5, 0.6) is 0 Å². The van der Waals surface area contributed by atoms with E-state index in [9.17, 15) is 5.11 Å². The largest absolute Gasteiger partial charge is 0.396 e. The monoisotopic (exact) mass is 309 g/mol. The van der Waals surface area contributed by atoms with Crippen LogP contribution in [0.4, 0.5) is 0 Å². The van der Waals surface area contributed by atoms with Crippen LogP contribution < -0.4 is 0 Å². The minimum atomic E-state index is 0.321. The van der Waals surface area contributed by atoms with Gasteiger partial charge in [0.25, 0.3) is 0 Å². The third-order valence-corrected chi connectivity index (χ3v) is 5.08. The van der Waals surface area contributed by atoms with Gasteiger partial charge >= 0.3 is 0 Å². The first kappa shape index (κ1) is 16.2. The summed E-state index contributed by atoms with van der Waals surface area (Å²) in [6.07, 6.45) is 4.69. The second kappa shape index (κ2) is 8.28. The molecule has 0 heterocycles. The van der Waals surface area contributed by atoms with Crippen molar-refractivity contribution in [3.63, 3.8) is 0 Å². The number of hydrogen-bond acceptors (Lipinski definition) is 2. The standard InChI is InChI=1S/C21H27NO/c23-17-20-12-7-13-21(20)22(16-19-10-5-2-6-11-19)15-14-18-8-3-1-4-9-18/h1-6,8-11,20-21,23H,7,12-17H2/t20-,21-/m1/s1. The predicted molar refractivity (Wildman–Crippen MR) is 95.2 cm³/mol. The average Bonchev–Trinajstić information content (AvgIpc) is 3.09. The molecule has 2 aromatic rings. The molecule has 2 nitrogen and oxygen atoms in total. The minimum Gasteiger partial charge on any atom is -0.396 e. The van der Waals surface area contributed by atoms with Crippen LogP contribution in [0.2, 0.25) is 0 Å². The van der Waals surface area contributed by atoms with E-state index in [0.29, 0.717) is 18.6 Å². The van der Waals surface area contributed by atoms with Crippen molar-refractivity contribution >= 4 is 0 Å². The van der Waals surface area contributed by atoms with Crippen molar-refractivity contribution in [3.05, 3.63) is 71.8 Å². The zero-order valence-electron chi connectivity index (χ0n) is 13.8. The highest BCUT2D eigenvalue weighted by atomic mass is 16.3. The Hall–Kier alpha value is -1.64. The maximum atomic E-state index is 9.71. The molecule has 1 saturated carbocycles. The Morgan fingerprint density at radius 3 is 2.17 bits per heavy atom. The van der Waals surface area contributed by atoms with Crippen LogP contribution in [0.15, 0.2) is 60.7 Å². The lowest BCUT2D eigenvalue weighted by atomic mass is 10.0. The molecule has 1 fully saturated rings. The molecule has 0 aromatic heterocycles. The molecule has 1 N–H and O–H groups in total. The van der Waals surface area contributed by atoms with Crippen LogP contribution in [0.1, 0.15) is 30.4 Å². The van der Waals surface area contributed by atoms with Gasteiger partial charge in [0.15, 0.2) is 0 Å². The molecule has 2 heteroatoms. The summed E-state index contributed by atoms with van der Waals surface area (Å²) in [5.74, 6) is 0.439. The first-order chi connectivity index (χ1) is 11.4. The van der Waals surface area contributed by atoms with E-state index in [1.807, 2.05) is 0 Å². The SMILES string of the molecule is OC[C@H]1CCC[C@H]1N(CCc1ccccc1)Cc1ccccc1. The van der Waals surface area contributed by atoms with Crippen molar-refractivity contribution in [1.29, 1.82) is 0 Å². The predicted octanol–water partition coefficient (Wildman–Crippen LogP) is 3.89. The molecule has 3 rings (SSSR count). The van der Waals surface area contributed by atoms with E-state index in [1.54, 1.807) is 0 Å². The number of aliphatic hydroxyl groups excluding tert-OH is 1. The maximum Gasteiger partial charge on any atom is 0.0474 e. The fraction of sp³-hybridized carbons (Fsp3) is 0.429. The van der Waals surface area contributed by atoms with Crippen molar-refractivity contribution < 1.29 is 5.11 Å². The van der Waals surface area contributed by atoms with Gasteiger partial charge in [-0.1, -0.05) is 67.1 Å². The number of aliphatic hydroxyl groups is 1. The summed E-state index contributed by atoms with van der Waals surface area (Å²) in [4.78, 5) is 2.59. The molecule has 0 bridgehead atoms. The molecule has 0 unspecified atom stereocenters. The third kappa shape index (κ3) is 4.43. The number of hydrogen-bond donors (Lipinski definition) is 1. The van der Waals surface area contributed by atoms with E-state index >= 15 is 0 Å². The molecule has 1 aliphatic rings. The number of nitrogens with zero attached hydrogens (tertiary/aromatic N) is 1. The van der Waals surface area contributed by atoms with E-state index in [-0.39, 0.29) is 0 Å². The summed E-state index contributed by atoms with van der Waals surface area (Å²) < 4.78 is 0. The molecule has 1 aliphatic carbocycles. The highest BCUT2D eigenvalue weighted by molar-refractivity contribution is 5.16. The number of benzene rings is 2. The number of rotatable bonds is 7. The molecule has 0 saturated heterocycles. The summed E-state index contributed by atoms with van der Waals surface area (Å²) >= 11 is 0. The zero-order valence-corrected chi connectivity index (χ0v) is 13.8. The van der Waals surface area contributed by atoms with Crippen molar-refractivity contribution in [2.45, 2.75) is 38.3 Å². The lowest BCUT2D eigenvalue weighted by molar-refractivity contribution is 0.111. The van der Waals surface area contributed by atoms with E-state index < -0.39 is 0 Å². The highest BCUT2D eigenvalue weighted by Gasteiger charge is 2.31. The Kier molecular flexibility index (Phi) is 5.84. The van der Waals surface area contributed by atoms with Crippen LogP contribution in [0, 0.1) is 5.92 Å². The Morgan fingerprint density at radius 1 is 0.870 bits per heavy atom. The Bertz CT molecular complexity index is 569. The second-order valence-electron chi connectivity index (χ2n) is 6.63. The molecular weight excluding hydrogens is 282 g/mol. The van der Waals surface area contributed by atoms with E-state index in [2.05, 4.69) is 65.6 Å². The summed E-state index contributed by atoms with van der Waals surface area (Å²) in [5.41, 5.74) is 2.76. The molecular formula is C21H27NO. The van der Waals surface area contributed by atoms with Gasteiger partial charge < -0.3 is 5.11 Å². The smallest absolute Gasteiger partial charge is 0.0474 e. The third-order valence-electron chi connectivity index (χ3n) is 5.08. The van der Waals surface area contributed by atoms with Gasteiger partial charge in [0, 0.05) is 25.7 Å². The van der Waals surface area contributed by atoms with Gasteiger partial charge in [-0.05, 0) is 36.3 Å². The fourth-order valence-electron chi connectivity index (χ4n) is 3.81. The molecule has 122 valence electrons. The first-order valence-corrected chi connectivity index (χ1v) is 8.79. The Balaban J connectivity index is 1.70. The van der Waals surface area contributed by atoms with Crippen molar-refractivity contribution in [2.75, 3.05) is 13.2 Å². The van der Waals surface area contributed by atoms with Gasteiger partial charge in [0.1, 0.15) is 0 Å². The molecule has 2 atom stereocenters. The maximum absolute atomic E-state index is 9.71. The molecule has 2 aromatic carbocycles. The fourth-order valence-corrected chi connectivity index (χ4v) is 3.81. The summed E-state index contributed by atoms with van der Waals surface area (Å²) in [7, 11) is 0. The van der Waals surface area contributed by atoms with E-state index in [1.165, 1.54) is 24.0 Å². The van der Waals surface area contributed by atoms with Gasteiger partial charge in [-0.15, -0.1) is 0 Å². The van der Waals surface area contributed by atoms with Gasteiger partial charge in [-0.2, -0.15) is 0 Å². The van der Waals surface area contributed by atoms with E-state index in [4.69, 9.17) is 0 Å². The van der Waals surface area contributed by atoms with Crippen LogP contribution >= 0.6 is 0 Å². The Labute approximate surface area is 139 Å². The summed E-state index contributed by atoms with van der Waals surface area (Å²) in [6.45, 7) is 2.36. The minimum absolute atomic E-state index is 0.321. The van der Waals surface area contributed by atoms with Gasteiger partial charge in [0.05, 0.1) is 0 Å². The van der Waals surface area contributed by atoms with Gasteiger partial charge in [-0.25, -0.2) is 0 Å².